The fraction of sp³-hybridized carbons (Fsp3) is 0.750. The third kappa shape index (κ3) is 3.26. The molecule has 8 heteroatoms. The number of nitrogens with one attached hydrogen (secondary N) is 1. The Morgan fingerprint density at radius 2 is 2.12 bits per heavy atom. The van der Waals surface area contributed by atoms with Crippen molar-refractivity contribution in [3.63, 3.8) is 0 Å². The summed E-state index contributed by atoms with van der Waals surface area (Å²) in [5.74, 6) is 0.440. The highest BCUT2D eigenvalue weighted by atomic mass is 16.5. The van der Waals surface area contributed by atoms with Gasteiger partial charge in [0, 0.05) is 38.4 Å². The number of carbonyl (C=O) groups excluding carboxylic acids is 1. The smallest absolute Gasteiger partial charge is 0.280 e. The number of rotatable bonds is 3. The molecule has 134 valence electrons. The standard InChI is InChI=1S/C16H24N2O6/c1-15(22)6-9-23-16(14(15)21)4-7-18(8-5-16)13(20)3-2-11-10-12(19)17-24-11/h10,14,21-22H,2-9H2,1H3,(H,17,19)/t14-,15+/m0/s1. The van der Waals surface area contributed by atoms with Crippen LogP contribution in [0.1, 0.15) is 38.4 Å². The lowest BCUT2D eigenvalue weighted by molar-refractivity contribution is -0.245. The highest BCUT2D eigenvalue weighted by Gasteiger charge is 2.52. The number of piperidine rings is 1. The van der Waals surface area contributed by atoms with E-state index in [9.17, 15) is 19.8 Å². The van der Waals surface area contributed by atoms with Crippen molar-refractivity contribution in [2.45, 2.75) is 56.3 Å². The van der Waals surface area contributed by atoms with Gasteiger partial charge in [0.2, 0.25) is 5.91 Å². The number of ether oxygens (including phenoxy) is 1. The summed E-state index contributed by atoms with van der Waals surface area (Å²) in [6.45, 7) is 2.99. The van der Waals surface area contributed by atoms with Gasteiger partial charge in [-0.25, -0.2) is 0 Å². The van der Waals surface area contributed by atoms with Crippen molar-refractivity contribution in [3.8, 4) is 0 Å². The third-order valence-corrected chi connectivity index (χ3v) is 5.21. The fourth-order valence-electron chi connectivity index (χ4n) is 3.63. The largest absolute Gasteiger partial charge is 0.387 e. The van der Waals surface area contributed by atoms with Gasteiger partial charge in [-0.1, -0.05) is 0 Å². The minimum atomic E-state index is -1.16. The molecule has 3 heterocycles. The van der Waals surface area contributed by atoms with Gasteiger partial charge in [0.1, 0.15) is 17.5 Å². The van der Waals surface area contributed by atoms with E-state index in [0.717, 1.165) is 0 Å². The molecule has 0 radical (unpaired) electrons. The number of hydrogen-bond acceptors (Lipinski definition) is 6. The molecule has 0 aromatic carbocycles. The van der Waals surface area contributed by atoms with Crippen LogP contribution in [0.5, 0.6) is 0 Å². The molecule has 2 saturated heterocycles. The maximum atomic E-state index is 12.3. The molecule has 1 amide bonds. The van der Waals surface area contributed by atoms with Gasteiger partial charge < -0.3 is 24.4 Å². The van der Waals surface area contributed by atoms with Gasteiger partial charge in [-0.05, 0) is 19.8 Å². The minimum Gasteiger partial charge on any atom is -0.387 e. The van der Waals surface area contributed by atoms with Crippen molar-refractivity contribution in [3.05, 3.63) is 22.2 Å². The number of aromatic amines is 1. The number of likely N-dealkylation sites (tertiary alicyclic amines) is 1. The number of nitrogens with zero attached hydrogens (tertiary/aromatic N) is 1. The van der Waals surface area contributed by atoms with E-state index in [1.807, 2.05) is 0 Å². The van der Waals surface area contributed by atoms with Gasteiger partial charge >= 0.3 is 0 Å². The van der Waals surface area contributed by atoms with Crippen molar-refractivity contribution in [2.75, 3.05) is 19.7 Å². The lowest BCUT2D eigenvalue weighted by Crippen LogP contribution is -2.64. The second kappa shape index (κ2) is 6.34. The molecule has 0 unspecified atom stereocenters. The Labute approximate surface area is 139 Å². The summed E-state index contributed by atoms with van der Waals surface area (Å²) >= 11 is 0. The van der Waals surface area contributed by atoms with Crippen LogP contribution >= 0.6 is 0 Å². The number of aryl methyl sites for hydroxylation is 1. The first-order valence-electron chi connectivity index (χ1n) is 8.32. The van der Waals surface area contributed by atoms with Crippen molar-refractivity contribution < 1.29 is 24.3 Å². The number of aliphatic hydroxyl groups is 2. The van der Waals surface area contributed by atoms with Crippen molar-refractivity contribution >= 4 is 5.91 Å². The zero-order chi connectivity index (χ0) is 17.4. The summed E-state index contributed by atoms with van der Waals surface area (Å²) in [6, 6.07) is 1.34. The topological polar surface area (TPSA) is 116 Å². The fourth-order valence-corrected chi connectivity index (χ4v) is 3.63. The second-order valence-corrected chi connectivity index (χ2v) is 6.98. The van der Waals surface area contributed by atoms with Crippen LogP contribution in [0, 0.1) is 0 Å². The lowest BCUT2D eigenvalue weighted by atomic mass is 9.75. The Bertz CT molecular complexity index is 641. The van der Waals surface area contributed by atoms with Crippen LogP contribution in [0.3, 0.4) is 0 Å². The molecular formula is C16H24N2O6. The molecule has 0 bridgehead atoms. The van der Waals surface area contributed by atoms with Crippen molar-refractivity contribution in [1.29, 1.82) is 0 Å². The first-order chi connectivity index (χ1) is 11.3. The Morgan fingerprint density at radius 3 is 2.75 bits per heavy atom. The molecule has 2 fully saturated rings. The molecule has 3 rings (SSSR count). The van der Waals surface area contributed by atoms with Crippen molar-refractivity contribution in [1.82, 2.24) is 10.1 Å². The van der Waals surface area contributed by atoms with Gasteiger partial charge in [0.15, 0.2) is 0 Å². The zero-order valence-electron chi connectivity index (χ0n) is 13.8. The number of aromatic nitrogens is 1. The number of aliphatic hydroxyl groups excluding tert-OH is 1. The van der Waals surface area contributed by atoms with Gasteiger partial charge in [0.25, 0.3) is 5.56 Å². The lowest BCUT2D eigenvalue weighted by Gasteiger charge is -2.51. The predicted molar refractivity (Wildman–Crippen MR) is 83.4 cm³/mol. The number of H-pyrrole nitrogens is 1. The highest BCUT2D eigenvalue weighted by Crippen LogP contribution is 2.39. The van der Waals surface area contributed by atoms with Crippen LogP contribution in [-0.4, -0.2) is 63.2 Å². The molecule has 24 heavy (non-hydrogen) atoms. The molecule has 3 N–H and O–H groups in total. The van der Waals surface area contributed by atoms with E-state index in [4.69, 9.17) is 9.26 Å². The maximum Gasteiger partial charge on any atom is 0.280 e. The molecule has 2 aliphatic heterocycles. The van der Waals surface area contributed by atoms with E-state index in [2.05, 4.69) is 5.16 Å². The molecule has 2 aliphatic rings. The molecule has 1 spiro atoms. The second-order valence-electron chi connectivity index (χ2n) is 6.98. The highest BCUT2D eigenvalue weighted by molar-refractivity contribution is 5.76. The molecule has 0 aliphatic carbocycles. The third-order valence-electron chi connectivity index (χ3n) is 5.21. The van der Waals surface area contributed by atoms with Gasteiger partial charge in [-0.2, -0.15) is 5.16 Å². The summed E-state index contributed by atoms with van der Waals surface area (Å²) in [5.41, 5.74) is -2.24. The molecular weight excluding hydrogens is 316 g/mol. The van der Waals surface area contributed by atoms with Crippen LogP contribution in [-0.2, 0) is 16.0 Å². The molecule has 2 atom stereocenters. The Hall–Kier alpha value is -1.64. The zero-order valence-corrected chi connectivity index (χ0v) is 13.8. The Morgan fingerprint density at radius 1 is 1.42 bits per heavy atom. The van der Waals surface area contributed by atoms with E-state index >= 15 is 0 Å². The van der Waals surface area contributed by atoms with Gasteiger partial charge in [0.05, 0.1) is 12.2 Å². The van der Waals surface area contributed by atoms with Gasteiger partial charge in [-0.3, -0.25) is 9.59 Å². The van der Waals surface area contributed by atoms with Crippen LogP contribution in [0.2, 0.25) is 0 Å². The normalized spacial score (nSPS) is 29.8. The number of hydrogen-bond donors (Lipinski definition) is 3. The molecule has 1 aromatic rings. The van der Waals surface area contributed by atoms with Crippen LogP contribution in [0.15, 0.2) is 15.4 Å². The van der Waals surface area contributed by atoms with E-state index in [0.29, 0.717) is 51.1 Å². The SMILES string of the molecule is C[C@@]1(O)CCOC2(CCN(C(=O)CCc3cc(=O)[nH]o3)CC2)[C@H]1O. The first kappa shape index (κ1) is 17.2. The van der Waals surface area contributed by atoms with E-state index in [1.165, 1.54) is 6.07 Å². The first-order valence-corrected chi connectivity index (χ1v) is 8.32. The molecule has 0 saturated carbocycles. The summed E-state index contributed by atoms with van der Waals surface area (Å²) < 4.78 is 10.8. The van der Waals surface area contributed by atoms with Crippen LogP contribution in [0.25, 0.3) is 0 Å². The minimum absolute atomic E-state index is 0.0224. The quantitative estimate of drug-likeness (QED) is 0.701. The predicted octanol–water partition coefficient (Wildman–Crippen LogP) is -0.206. The van der Waals surface area contributed by atoms with E-state index in [-0.39, 0.29) is 17.9 Å². The van der Waals surface area contributed by atoms with Gasteiger partial charge in [-0.15, -0.1) is 0 Å². The van der Waals surface area contributed by atoms with E-state index < -0.39 is 17.3 Å². The Balaban J connectivity index is 1.54. The van der Waals surface area contributed by atoms with Crippen LogP contribution in [0.4, 0.5) is 0 Å². The summed E-state index contributed by atoms with van der Waals surface area (Å²) in [6.07, 6.45) is 1.07. The summed E-state index contributed by atoms with van der Waals surface area (Å²) in [7, 11) is 0. The summed E-state index contributed by atoms with van der Waals surface area (Å²) in [5, 5.41) is 23.0. The average Bonchev–Trinajstić information content (AvgIpc) is 2.96. The summed E-state index contributed by atoms with van der Waals surface area (Å²) in [4.78, 5) is 25.0. The maximum absolute atomic E-state index is 12.3. The Kier molecular flexibility index (Phi) is 4.54. The number of carbonyl (C=O) groups is 1. The van der Waals surface area contributed by atoms with Crippen molar-refractivity contribution in [2.24, 2.45) is 0 Å². The molecule has 1 aromatic heterocycles. The average molecular weight is 340 g/mol. The van der Waals surface area contributed by atoms with Crippen LogP contribution < -0.4 is 5.56 Å². The number of amides is 1. The molecule has 8 nitrogen and oxygen atoms in total. The monoisotopic (exact) mass is 340 g/mol. The van der Waals surface area contributed by atoms with E-state index in [1.54, 1.807) is 11.8 Å².